The Morgan fingerprint density at radius 2 is 1.77 bits per heavy atom. The molecular formula is C18H20N4O7S. The predicted octanol–water partition coefficient (Wildman–Crippen LogP) is 1.70. The van der Waals surface area contributed by atoms with Crippen LogP contribution in [0.15, 0.2) is 53.4 Å². The minimum absolute atomic E-state index is 0.104. The molecule has 12 heteroatoms. The fourth-order valence-electron chi connectivity index (χ4n) is 2.63. The summed E-state index contributed by atoms with van der Waals surface area (Å²) in [6, 6.07) is 8.86. The average molecular weight is 436 g/mol. The number of carbonyl (C=O) groups excluding carboxylic acids is 2. The summed E-state index contributed by atoms with van der Waals surface area (Å²) in [5.74, 6) is -0.944. The molecule has 2 rings (SSSR count). The zero-order chi connectivity index (χ0) is 22.5. The van der Waals surface area contributed by atoms with E-state index in [1.54, 1.807) is 19.1 Å². The van der Waals surface area contributed by atoms with Crippen molar-refractivity contribution in [3.8, 4) is 0 Å². The lowest BCUT2D eigenvalue weighted by Gasteiger charge is -2.28. The van der Waals surface area contributed by atoms with Crippen LogP contribution in [0.5, 0.6) is 0 Å². The molecular weight excluding hydrogens is 416 g/mol. The number of hydrogen-bond acceptors (Lipinski definition) is 7. The Hall–Kier alpha value is -3.51. The molecule has 160 valence electrons. The van der Waals surface area contributed by atoms with E-state index in [2.05, 4.69) is 0 Å². The first-order chi connectivity index (χ1) is 14.1. The second-order valence-electron chi connectivity index (χ2n) is 6.38. The Morgan fingerprint density at radius 1 is 1.17 bits per heavy atom. The van der Waals surface area contributed by atoms with E-state index in [0.717, 1.165) is 4.90 Å². The van der Waals surface area contributed by atoms with Crippen LogP contribution in [0, 0.1) is 17.0 Å². The fraction of sp³-hybridized carbons (Fsp3) is 0.222. The Balaban J connectivity index is 2.32. The molecule has 0 aliphatic carbocycles. The molecule has 0 saturated heterocycles. The number of urea groups is 1. The third-order valence-electron chi connectivity index (χ3n) is 4.32. The summed E-state index contributed by atoms with van der Waals surface area (Å²) in [7, 11) is -4.24. The summed E-state index contributed by atoms with van der Waals surface area (Å²) in [4.78, 5) is 35.6. The van der Waals surface area contributed by atoms with Crippen molar-refractivity contribution >= 4 is 27.6 Å². The molecule has 0 heterocycles. The Kier molecular flexibility index (Phi) is 7.08. The molecule has 0 aromatic heterocycles. The van der Waals surface area contributed by atoms with Crippen molar-refractivity contribution < 1.29 is 28.1 Å². The number of nitrogens with one attached hydrogen (secondary N) is 2. The highest BCUT2D eigenvalue weighted by molar-refractivity contribution is 7.90. The summed E-state index contributed by atoms with van der Waals surface area (Å²) in [6.07, 6.45) is 0. The van der Waals surface area contributed by atoms with Gasteiger partial charge in [-0.25, -0.2) is 23.4 Å². The van der Waals surface area contributed by atoms with E-state index in [-0.39, 0.29) is 17.1 Å². The van der Waals surface area contributed by atoms with Gasteiger partial charge in [-0.15, -0.1) is 0 Å². The van der Waals surface area contributed by atoms with E-state index in [1.165, 1.54) is 48.8 Å². The maximum Gasteiger partial charge on any atom is 0.332 e. The van der Waals surface area contributed by atoms with E-state index >= 15 is 0 Å². The van der Waals surface area contributed by atoms with Crippen LogP contribution < -0.4 is 10.2 Å². The predicted molar refractivity (Wildman–Crippen MR) is 105 cm³/mol. The number of hydrogen-bond donors (Lipinski definition) is 3. The maximum atomic E-state index is 12.8. The van der Waals surface area contributed by atoms with Crippen LogP contribution in [-0.4, -0.2) is 41.4 Å². The highest BCUT2D eigenvalue weighted by atomic mass is 32.2. The molecule has 0 saturated carbocycles. The van der Waals surface area contributed by atoms with Crippen LogP contribution in [0.25, 0.3) is 0 Å². The molecule has 0 fully saturated rings. The molecule has 0 unspecified atom stereocenters. The van der Waals surface area contributed by atoms with Gasteiger partial charge in [-0.2, -0.15) is 0 Å². The standard InChI is InChI=1S/C18H20N4O7S/c1-12-5-3-4-6-16(12)30(28,29)20-18(24)21(13(2)17(23)19-25)11-14-7-9-15(10-8-14)22(26)27/h3-10,13,25H,11H2,1-2H3,(H,19,23)(H,20,24)/t13-/m0/s1. The van der Waals surface area contributed by atoms with Gasteiger partial charge < -0.3 is 4.90 Å². The highest BCUT2D eigenvalue weighted by Gasteiger charge is 2.30. The monoisotopic (exact) mass is 436 g/mol. The van der Waals surface area contributed by atoms with Crippen LogP contribution in [-0.2, 0) is 21.4 Å². The summed E-state index contributed by atoms with van der Waals surface area (Å²) in [5.41, 5.74) is 2.07. The van der Waals surface area contributed by atoms with Crippen molar-refractivity contribution in [1.29, 1.82) is 0 Å². The number of nitro benzene ring substituents is 1. The second kappa shape index (κ2) is 9.33. The van der Waals surface area contributed by atoms with Crippen LogP contribution >= 0.6 is 0 Å². The zero-order valence-electron chi connectivity index (χ0n) is 16.1. The Morgan fingerprint density at radius 3 is 2.30 bits per heavy atom. The Bertz CT molecular complexity index is 1050. The van der Waals surface area contributed by atoms with Crippen LogP contribution in [0.1, 0.15) is 18.1 Å². The van der Waals surface area contributed by atoms with Crippen molar-refractivity contribution in [2.45, 2.75) is 31.3 Å². The third-order valence-corrected chi connectivity index (χ3v) is 5.80. The molecule has 1 atom stereocenters. The number of amides is 3. The van der Waals surface area contributed by atoms with Gasteiger partial charge in [-0.05, 0) is 31.0 Å². The number of benzene rings is 2. The Labute approximate surface area is 172 Å². The van der Waals surface area contributed by atoms with Gasteiger partial charge in [-0.1, -0.05) is 30.3 Å². The van der Waals surface area contributed by atoms with Crippen LogP contribution in [0.4, 0.5) is 10.5 Å². The SMILES string of the molecule is Cc1ccccc1S(=O)(=O)NC(=O)N(Cc1ccc([N+](=O)[O-])cc1)[C@@H](C)C(=O)NO. The van der Waals surface area contributed by atoms with Gasteiger partial charge >= 0.3 is 6.03 Å². The highest BCUT2D eigenvalue weighted by Crippen LogP contribution is 2.17. The second-order valence-corrected chi connectivity index (χ2v) is 8.03. The number of nitrogens with zero attached hydrogens (tertiary/aromatic N) is 2. The van der Waals surface area contributed by atoms with E-state index in [0.29, 0.717) is 11.1 Å². The van der Waals surface area contributed by atoms with Crippen molar-refractivity contribution in [3.63, 3.8) is 0 Å². The lowest BCUT2D eigenvalue weighted by Crippen LogP contribution is -2.51. The van der Waals surface area contributed by atoms with Gasteiger partial charge in [0.15, 0.2) is 0 Å². The summed E-state index contributed by atoms with van der Waals surface area (Å²) in [6.45, 7) is 2.61. The molecule has 2 aromatic carbocycles. The molecule has 30 heavy (non-hydrogen) atoms. The first-order valence-corrected chi connectivity index (χ1v) is 10.1. The third kappa shape index (κ3) is 5.30. The first-order valence-electron chi connectivity index (χ1n) is 8.63. The van der Waals surface area contributed by atoms with Gasteiger partial charge in [0.2, 0.25) is 0 Å². The summed E-state index contributed by atoms with van der Waals surface area (Å²) in [5, 5.41) is 19.7. The van der Waals surface area contributed by atoms with Crippen molar-refractivity contribution in [2.75, 3.05) is 0 Å². The van der Waals surface area contributed by atoms with E-state index < -0.39 is 32.9 Å². The number of carbonyl (C=O) groups is 2. The van der Waals surface area contributed by atoms with Gasteiger partial charge in [0.05, 0.1) is 9.82 Å². The quantitative estimate of drug-likeness (QED) is 0.338. The summed E-state index contributed by atoms with van der Waals surface area (Å²) < 4.78 is 27.1. The molecule has 3 amide bonds. The molecule has 0 aliphatic heterocycles. The van der Waals surface area contributed by atoms with Gasteiger partial charge in [0, 0.05) is 18.7 Å². The van der Waals surface area contributed by atoms with Crippen molar-refractivity contribution in [1.82, 2.24) is 15.1 Å². The van der Waals surface area contributed by atoms with E-state index in [4.69, 9.17) is 5.21 Å². The molecule has 0 radical (unpaired) electrons. The van der Waals surface area contributed by atoms with Crippen molar-refractivity contribution in [2.24, 2.45) is 0 Å². The van der Waals surface area contributed by atoms with Gasteiger partial charge in [-0.3, -0.25) is 20.1 Å². The summed E-state index contributed by atoms with van der Waals surface area (Å²) >= 11 is 0. The normalized spacial score (nSPS) is 12.0. The van der Waals surface area contributed by atoms with Gasteiger partial charge in [0.25, 0.3) is 21.6 Å². The van der Waals surface area contributed by atoms with Crippen molar-refractivity contribution in [3.05, 3.63) is 69.8 Å². The number of sulfonamides is 1. The lowest BCUT2D eigenvalue weighted by molar-refractivity contribution is -0.384. The molecule has 0 bridgehead atoms. The molecule has 0 spiro atoms. The number of non-ortho nitro benzene ring substituents is 1. The van der Waals surface area contributed by atoms with E-state index in [9.17, 15) is 28.1 Å². The zero-order valence-corrected chi connectivity index (χ0v) is 16.9. The molecule has 3 N–H and O–H groups in total. The molecule has 2 aromatic rings. The first kappa shape index (κ1) is 22.8. The van der Waals surface area contributed by atoms with Crippen LogP contribution in [0.3, 0.4) is 0 Å². The molecule has 11 nitrogen and oxygen atoms in total. The lowest BCUT2D eigenvalue weighted by atomic mass is 10.1. The topological polar surface area (TPSA) is 159 Å². The van der Waals surface area contributed by atoms with Gasteiger partial charge in [0.1, 0.15) is 6.04 Å². The smallest absolute Gasteiger partial charge is 0.308 e. The minimum Gasteiger partial charge on any atom is -0.308 e. The van der Waals surface area contributed by atoms with Crippen LogP contribution in [0.2, 0.25) is 0 Å². The molecule has 0 aliphatic rings. The van der Waals surface area contributed by atoms with E-state index in [1.807, 2.05) is 4.72 Å². The number of aryl methyl sites for hydroxylation is 1. The largest absolute Gasteiger partial charge is 0.332 e. The maximum absolute atomic E-state index is 12.8. The number of hydroxylamine groups is 1. The fourth-order valence-corrected chi connectivity index (χ4v) is 3.83. The average Bonchev–Trinajstić information content (AvgIpc) is 2.70. The number of nitro groups is 1. The number of rotatable bonds is 7. The minimum atomic E-state index is -4.24.